The summed E-state index contributed by atoms with van der Waals surface area (Å²) in [6.07, 6.45) is 1.89. The SMILES string of the molecule is CCN(CC)C(=O)[C@H]1CC[C@@H](C(=O)O)C1. The third kappa shape index (κ3) is 2.70. The molecule has 15 heavy (non-hydrogen) atoms. The van der Waals surface area contributed by atoms with Gasteiger partial charge in [-0.25, -0.2) is 0 Å². The van der Waals surface area contributed by atoms with E-state index in [4.69, 9.17) is 5.11 Å². The van der Waals surface area contributed by atoms with Crippen LogP contribution >= 0.6 is 0 Å². The maximum atomic E-state index is 11.9. The van der Waals surface area contributed by atoms with Crippen molar-refractivity contribution in [2.45, 2.75) is 33.1 Å². The summed E-state index contributed by atoms with van der Waals surface area (Å²) in [6, 6.07) is 0. The summed E-state index contributed by atoms with van der Waals surface area (Å²) in [5, 5.41) is 8.84. The van der Waals surface area contributed by atoms with Gasteiger partial charge < -0.3 is 10.0 Å². The van der Waals surface area contributed by atoms with Crippen LogP contribution < -0.4 is 0 Å². The maximum Gasteiger partial charge on any atom is 0.306 e. The zero-order chi connectivity index (χ0) is 11.4. The number of rotatable bonds is 4. The van der Waals surface area contributed by atoms with Crippen molar-refractivity contribution < 1.29 is 14.7 Å². The van der Waals surface area contributed by atoms with E-state index in [1.165, 1.54) is 0 Å². The summed E-state index contributed by atoms with van der Waals surface area (Å²) >= 11 is 0. The second kappa shape index (κ2) is 5.14. The molecule has 0 aromatic heterocycles. The Morgan fingerprint density at radius 2 is 1.73 bits per heavy atom. The highest BCUT2D eigenvalue weighted by Gasteiger charge is 2.35. The zero-order valence-corrected chi connectivity index (χ0v) is 9.40. The number of hydrogen-bond acceptors (Lipinski definition) is 2. The van der Waals surface area contributed by atoms with Crippen molar-refractivity contribution in [3.8, 4) is 0 Å². The predicted octanol–water partition coefficient (Wildman–Crippen LogP) is 1.36. The number of amides is 1. The first-order chi connectivity index (χ1) is 7.10. The quantitative estimate of drug-likeness (QED) is 0.767. The predicted molar refractivity (Wildman–Crippen MR) is 56.4 cm³/mol. The van der Waals surface area contributed by atoms with Gasteiger partial charge in [-0.3, -0.25) is 9.59 Å². The maximum absolute atomic E-state index is 11.9. The Bertz CT molecular complexity index is 248. The molecule has 0 saturated heterocycles. The molecule has 4 heteroatoms. The number of carboxylic acid groups (broad SMARTS) is 1. The second-order valence-corrected chi connectivity index (χ2v) is 4.06. The monoisotopic (exact) mass is 213 g/mol. The molecule has 0 bridgehead atoms. The molecule has 0 heterocycles. The Morgan fingerprint density at radius 3 is 2.13 bits per heavy atom. The van der Waals surface area contributed by atoms with Gasteiger partial charge in [0.2, 0.25) is 5.91 Å². The van der Waals surface area contributed by atoms with Gasteiger partial charge in [-0.2, -0.15) is 0 Å². The average Bonchev–Trinajstić information content (AvgIpc) is 2.68. The second-order valence-electron chi connectivity index (χ2n) is 4.06. The Hall–Kier alpha value is -1.06. The van der Waals surface area contributed by atoms with E-state index in [0.29, 0.717) is 25.9 Å². The third-order valence-electron chi connectivity index (χ3n) is 3.21. The molecule has 1 aliphatic rings. The minimum absolute atomic E-state index is 0.0639. The van der Waals surface area contributed by atoms with Crippen LogP contribution in [0, 0.1) is 11.8 Å². The molecule has 1 saturated carbocycles. The minimum atomic E-state index is -0.759. The number of carboxylic acids is 1. The number of nitrogens with zero attached hydrogens (tertiary/aromatic N) is 1. The van der Waals surface area contributed by atoms with E-state index in [1.807, 2.05) is 13.8 Å². The van der Waals surface area contributed by atoms with Crippen LogP contribution in [0.15, 0.2) is 0 Å². The van der Waals surface area contributed by atoms with Gasteiger partial charge >= 0.3 is 5.97 Å². The van der Waals surface area contributed by atoms with Gasteiger partial charge in [0.1, 0.15) is 0 Å². The number of hydrogen-bond donors (Lipinski definition) is 1. The molecule has 0 aliphatic heterocycles. The molecule has 1 rings (SSSR count). The van der Waals surface area contributed by atoms with Crippen LogP contribution in [0.4, 0.5) is 0 Å². The Labute approximate surface area is 90.3 Å². The van der Waals surface area contributed by atoms with Crippen LogP contribution in [0.1, 0.15) is 33.1 Å². The topological polar surface area (TPSA) is 57.6 Å². The van der Waals surface area contributed by atoms with Crippen molar-refractivity contribution in [3.63, 3.8) is 0 Å². The smallest absolute Gasteiger partial charge is 0.306 e. The van der Waals surface area contributed by atoms with Crippen LogP contribution in [-0.4, -0.2) is 35.0 Å². The van der Waals surface area contributed by atoms with Crippen molar-refractivity contribution in [1.82, 2.24) is 4.90 Å². The van der Waals surface area contributed by atoms with Crippen molar-refractivity contribution in [2.24, 2.45) is 11.8 Å². The highest BCUT2D eigenvalue weighted by Crippen LogP contribution is 2.32. The highest BCUT2D eigenvalue weighted by molar-refractivity contribution is 5.80. The van der Waals surface area contributed by atoms with Crippen molar-refractivity contribution >= 4 is 11.9 Å². The minimum Gasteiger partial charge on any atom is -0.481 e. The largest absolute Gasteiger partial charge is 0.481 e. The van der Waals surface area contributed by atoms with Gasteiger partial charge in [-0.15, -0.1) is 0 Å². The van der Waals surface area contributed by atoms with Gasteiger partial charge in [0.15, 0.2) is 0 Å². The van der Waals surface area contributed by atoms with Gasteiger partial charge in [-0.05, 0) is 33.1 Å². The molecule has 0 radical (unpaired) electrons. The van der Waals surface area contributed by atoms with E-state index < -0.39 is 5.97 Å². The van der Waals surface area contributed by atoms with E-state index in [1.54, 1.807) is 4.90 Å². The van der Waals surface area contributed by atoms with Crippen LogP contribution in [0.2, 0.25) is 0 Å². The van der Waals surface area contributed by atoms with Crippen LogP contribution in [0.25, 0.3) is 0 Å². The molecule has 2 atom stereocenters. The van der Waals surface area contributed by atoms with Crippen LogP contribution in [-0.2, 0) is 9.59 Å². The molecule has 0 spiro atoms. The number of carbonyl (C=O) groups excluding carboxylic acids is 1. The van der Waals surface area contributed by atoms with Crippen molar-refractivity contribution in [3.05, 3.63) is 0 Å². The number of aliphatic carboxylic acids is 1. The van der Waals surface area contributed by atoms with Gasteiger partial charge in [0.25, 0.3) is 0 Å². The van der Waals surface area contributed by atoms with Crippen molar-refractivity contribution in [1.29, 1.82) is 0 Å². The third-order valence-corrected chi connectivity index (χ3v) is 3.21. The number of carbonyl (C=O) groups is 2. The molecule has 1 amide bonds. The van der Waals surface area contributed by atoms with Crippen LogP contribution in [0.3, 0.4) is 0 Å². The lowest BCUT2D eigenvalue weighted by atomic mass is 10.0. The summed E-state index contributed by atoms with van der Waals surface area (Å²) < 4.78 is 0. The zero-order valence-electron chi connectivity index (χ0n) is 9.40. The summed E-state index contributed by atoms with van der Waals surface area (Å²) in [4.78, 5) is 24.4. The average molecular weight is 213 g/mol. The Balaban J connectivity index is 2.53. The normalized spacial score (nSPS) is 25.2. The first-order valence-corrected chi connectivity index (χ1v) is 5.61. The molecule has 1 fully saturated rings. The standard InChI is InChI=1S/C11H19NO3/c1-3-12(4-2)10(13)8-5-6-9(7-8)11(14)15/h8-9H,3-7H2,1-2H3,(H,14,15)/t8-,9+/m0/s1. The first kappa shape index (κ1) is 12.0. The van der Waals surface area contributed by atoms with E-state index in [0.717, 1.165) is 6.42 Å². The van der Waals surface area contributed by atoms with E-state index >= 15 is 0 Å². The summed E-state index contributed by atoms with van der Waals surface area (Å²) in [6.45, 7) is 5.32. The fourth-order valence-electron chi connectivity index (χ4n) is 2.22. The Morgan fingerprint density at radius 1 is 1.20 bits per heavy atom. The molecule has 0 aromatic carbocycles. The van der Waals surface area contributed by atoms with Gasteiger partial charge in [0, 0.05) is 19.0 Å². The van der Waals surface area contributed by atoms with E-state index in [2.05, 4.69) is 0 Å². The molecule has 0 aromatic rings. The molecule has 1 aliphatic carbocycles. The van der Waals surface area contributed by atoms with Crippen LogP contribution in [0.5, 0.6) is 0 Å². The van der Waals surface area contributed by atoms with E-state index in [-0.39, 0.29) is 17.7 Å². The lowest BCUT2D eigenvalue weighted by Gasteiger charge is -2.22. The lowest BCUT2D eigenvalue weighted by molar-refractivity contribution is -0.141. The molecular formula is C11H19NO3. The van der Waals surface area contributed by atoms with Crippen molar-refractivity contribution in [2.75, 3.05) is 13.1 Å². The highest BCUT2D eigenvalue weighted by atomic mass is 16.4. The summed E-state index contributed by atoms with van der Waals surface area (Å²) in [5.41, 5.74) is 0. The molecule has 0 unspecified atom stereocenters. The summed E-state index contributed by atoms with van der Waals surface area (Å²) in [7, 11) is 0. The van der Waals surface area contributed by atoms with Gasteiger partial charge in [-0.1, -0.05) is 0 Å². The Kier molecular flexibility index (Phi) is 4.12. The summed E-state index contributed by atoms with van der Waals surface area (Å²) in [5.74, 6) is -1.01. The van der Waals surface area contributed by atoms with Gasteiger partial charge in [0.05, 0.1) is 5.92 Å². The molecule has 4 nitrogen and oxygen atoms in total. The fourth-order valence-corrected chi connectivity index (χ4v) is 2.22. The molecule has 86 valence electrons. The molecular weight excluding hydrogens is 194 g/mol. The van der Waals surface area contributed by atoms with E-state index in [9.17, 15) is 9.59 Å². The first-order valence-electron chi connectivity index (χ1n) is 5.61. The lowest BCUT2D eigenvalue weighted by Crippen LogP contribution is -2.35. The fraction of sp³-hybridized carbons (Fsp3) is 0.818. The molecule has 1 N–H and O–H groups in total.